The van der Waals surface area contributed by atoms with Gasteiger partial charge in [-0.15, -0.1) is 0 Å². The van der Waals surface area contributed by atoms with Crippen LogP contribution >= 0.6 is 0 Å². The van der Waals surface area contributed by atoms with Crippen LogP contribution in [0.25, 0.3) is 0 Å². The number of hydrogen-bond donors (Lipinski definition) is 1. The van der Waals surface area contributed by atoms with Crippen LogP contribution in [0.3, 0.4) is 0 Å². The van der Waals surface area contributed by atoms with Gasteiger partial charge < -0.3 is 19.9 Å². The molecule has 0 bridgehead atoms. The van der Waals surface area contributed by atoms with E-state index >= 15 is 0 Å². The van der Waals surface area contributed by atoms with Gasteiger partial charge in [-0.25, -0.2) is 0 Å². The Morgan fingerprint density at radius 2 is 2.17 bits per heavy atom. The summed E-state index contributed by atoms with van der Waals surface area (Å²) < 4.78 is 5.44. The number of carbonyl (C=O) groups is 2. The van der Waals surface area contributed by atoms with Crippen molar-refractivity contribution in [2.45, 2.75) is 25.0 Å². The lowest BCUT2D eigenvalue weighted by Gasteiger charge is -2.36. The first-order chi connectivity index (χ1) is 8.75. The van der Waals surface area contributed by atoms with Gasteiger partial charge in [0.15, 0.2) is 0 Å². The van der Waals surface area contributed by atoms with Crippen LogP contribution in [0.1, 0.15) is 12.8 Å². The topological polar surface area (TPSA) is 61.9 Å². The summed E-state index contributed by atoms with van der Waals surface area (Å²) >= 11 is 0. The molecular formula is C12H19N3O3. The van der Waals surface area contributed by atoms with Gasteiger partial charge in [0, 0.05) is 32.2 Å². The fraction of sp³-hybridized carbons (Fsp3) is 0.833. The zero-order chi connectivity index (χ0) is 12.5. The first kappa shape index (κ1) is 11.9. The molecule has 3 aliphatic rings. The van der Waals surface area contributed by atoms with E-state index in [-0.39, 0.29) is 18.4 Å². The summed E-state index contributed by atoms with van der Waals surface area (Å²) in [6.07, 6.45) is 1.82. The van der Waals surface area contributed by atoms with E-state index in [1.54, 1.807) is 4.90 Å². The smallest absolute Gasteiger partial charge is 0.253 e. The van der Waals surface area contributed by atoms with E-state index < -0.39 is 6.10 Å². The van der Waals surface area contributed by atoms with Gasteiger partial charge in [0.05, 0.1) is 13.2 Å². The molecule has 0 spiro atoms. The molecular weight excluding hydrogens is 234 g/mol. The Morgan fingerprint density at radius 3 is 2.78 bits per heavy atom. The van der Waals surface area contributed by atoms with Crippen LogP contribution in [0.15, 0.2) is 0 Å². The number of ether oxygens (including phenoxy) is 1. The molecule has 1 atom stereocenters. The Hall–Kier alpha value is -1.14. The lowest BCUT2D eigenvalue weighted by atomic mass is 10.2. The molecule has 2 amide bonds. The van der Waals surface area contributed by atoms with Crippen molar-refractivity contribution < 1.29 is 14.3 Å². The molecule has 0 radical (unpaired) electrons. The molecule has 18 heavy (non-hydrogen) atoms. The number of morpholine rings is 1. The number of hydrogen-bond acceptors (Lipinski definition) is 4. The molecule has 1 aliphatic carbocycles. The monoisotopic (exact) mass is 253 g/mol. The van der Waals surface area contributed by atoms with Crippen molar-refractivity contribution in [1.29, 1.82) is 0 Å². The number of amides is 2. The highest BCUT2D eigenvalue weighted by Crippen LogP contribution is 2.28. The third-order valence-electron chi connectivity index (χ3n) is 3.76. The second-order valence-corrected chi connectivity index (χ2v) is 5.14. The fourth-order valence-electron chi connectivity index (χ4n) is 2.57. The van der Waals surface area contributed by atoms with Gasteiger partial charge in [0.2, 0.25) is 5.91 Å². The molecule has 3 rings (SSSR count). The molecule has 0 aromatic heterocycles. The Kier molecular flexibility index (Phi) is 3.22. The van der Waals surface area contributed by atoms with Crippen molar-refractivity contribution in [3.63, 3.8) is 0 Å². The third kappa shape index (κ3) is 2.35. The summed E-state index contributed by atoms with van der Waals surface area (Å²) in [5, 5.41) is 3.14. The van der Waals surface area contributed by atoms with Gasteiger partial charge in [-0.2, -0.15) is 0 Å². The van der Waals surface area contributed by atoms with Crippen molar-refractivity contribution in [2.24, 2.45) is 0 Å². The second kappa shape index (κ2) is 4.85. The van der Waals surface area contributed by atoms with Crippen LogP contribution in [0, 0.1) is 0 Å². The normalized spacial score (nSPS) is 29.6. The number of piperazine rings is 1. The first-order valence-corrected chi connectivity index (χ1v) is 6.66. The van der Waals surface area contributed by atoms with Gasteiger partial charge in [-0.3, -0.25) is 9.59 Å². The van der Waals surface area contributed by atoms with Crippen LogP contribution in [-0.4, -0.2) is 73.1 Å². The van der Waals surface area contributed by atoms with Crippen molar-refractivity contribution in [3.05, 3.63) is 0 Å². The molecule has 2 saturated heterocycles. The maximum atomic E-state index is 12.2. The van der Waals surface area contributed by atoms with Gasteiger partial charge in [-0.1, -0.05) is 0 Å². The average molecular weight is 253 g/mol. The average Bonchev–Trinajstić information content (AvgIpc) is 3.23. The predicted octanol–water partition coefficient (Wildman–Crippen LogP) is -1.19. The van der Waals surface area contributed by atoms with Crippen molar-refractivity contribution in [3.8, 4) is 0 Å². The number of rotatable bonds is 2. The van der Waals surface area contributed by atoms with Crippen molar-refractivity contribution in [2.75, 3.05) is 39.3 Å². The van der Waals surface area contributed by atoms with E-state index in [9.17, 15) is 9.59 Å². The lowest BCUT2D eigenvalue weighted by molar-refractivity contribution is -0.153. The number of nitrogens with one attached hydrogen (secondary N) is 1. The third-order valence-corrected chi connectivity index (χ3v) is 3.76. The molecule has 3 fully saturated rings. The number of nitrogens with zero attached hydrogens (tertiary/aromatic N) is 2. The number of carbonyl (C=O) groups excluding carboxylic acids is 2. The van der Waals surface area contributed by atoms with Gasteiger partial charge in [-0.05, 0) is 12.8 Å². The van der Waals surface area contributed by atoms with E-state index in [4.69, 9.17) is 4.74 Å². The summed E-state index contributed by atoms with van der Waals surface area (Å²) in [6, 6.07) is 0.447. The summed E-state index contributed by atoms with van der Waals surface area (Å²) in [7, 11) is 0. The molecule has 1 saturated carbocycles. The fourth-order valence-corrected chi connectivity index (χ4v) is 2.57. The van der Waals surface area contributed by atoms with Crippen LogP contribution < -0.4 is 5.32 Å². The highest BCUT2D eigenvalue weighted by molar-refractivity contribution is 5.88. The first-order valence-electron chi connectivity index (χ1n) is 6.66. The zero-order valence-corrected chi connectivity index (χ0v) is 10.4. The van der Waals surface area contributed by atoms with Crippen LogP contribution in [0.2, 0.25) is 0 Å². The second-order valence-electron chi connectivity index (χ2n) is 5.14. The molecule has 0 aromatic carbocycles. The Balaban J connectivity index is 1.56. The van der Waals surface area contributed by atoms with E-state index in [2.05, 4.69) is 5.32 Å². The summed E-state index contributed by atoms with van der Waals surface area (Å²) in [5.74, 6) is 0.0341. The molecule has 1 unspecified atom stereocenters. The molecule has 100 valence electrons. The van der Waals surface area contributed by atoms with E-state index in [1.165, 1.54) is 0 Å². The Bertz CT molecular complexity index is 350. The van der Waals surface area contributed by atoms with E-state index in [1.807, 2.05) is 4.90 Å². The van der Waals surface area contributed by atoms with Gasteiger partial charge in [0.1, 0.15) is 6.10 Å². The van der Waals surface area contributed by atoms with Crippen LogP contribution in [0.5, 0.6) is 0 Å². The molecule has 6 heteroatoms. The molecule has 1 N–H and O–H groups in total. The van der Waals surface area contributed by atoms with E-state index in [0.29, 0.717) is 32.3 Å². The minimum atomic E-state index is -0.418. The van der Waals surface area contributed by atoms with Gasteiger partial charge in [0.25, 0.3) is 5.91 Å². The summed E-state index contributed by atoms with van der Waals surface area (Å²) in [5.41, 5.74) is 0. The van der Waals surface area contributed by atoms with Crippen molar-refractivity contribution in [1.82, 2.24) is 15.1 Å². The molecule has 2 aliphatic heterocycles. The summed E-state index contributed by atoms with van der Waals surface area (Å²) in [4.78, 5) is 27.7. The minimum absolute atomic E-state index is 0.0500. The Morgan fingerprint density at radius 1 is 1.33 bits per heavy atom. The van der Waals surface area contributed by atoms with Crippen molar-refractivity contribution >= 4 is 11.8 Å². The quantitative estimate of drug-likeness (QED) is 0.672. The Labute approximate surface area is 106 Å². The van der Waals surface area contributed by atoms with Gasteiger partial charge >= 0.3 is 0 Å². The maximum absolute atomic E-state index is 12.2. The highest BCUT2D eigenvalue weighted by atomic mass is 16.5. The lowest BCUT2D eigenvalue weighted by Crippen LogP contribution is -2.57. The molecule has 6 nitrogen and oxygen atoms in total. The van der Waals surface area contributed by atoms with Crippen LogP contribution in [-0.2, 0) is 14.3 Å². The zero-order valence-electron chi connectivity index (χ0n) is 10.4. The maximum Gasteiger partial charge on any atom is 0.253 e. The SMILES string of the molecule is O=C(C1CNCCO1)N1CCN(C2CC2)C(=O)C1. The minimum Gasteiger partial charge on any atom is -0.366 e. The standard InChI is InChI=1S/C12H19N3O3/c16-11-8-14(4-5-15(11)9-1-2-9)12(17)10-7-13-3-6-18-10/h9-10,13H,1-8H2. The molecule has 0 aromatic rings. The van der Waals surface area contributed by atoms with Crippen LogP contribution in [0.4, 0.5) is 0 Å². The highest BCUT2D eigenvalue weighted by Gasteiger charge is 2.38. The summed E-state index contributed by atoms with van der Waals surface area (Å²) in [6.45, 7) is 3.44. The molecule has 2 heterocycles. The predicted molar refractivity (Wildman–Crippen MR) is 63.9 cm³/mol. The van der Waals surface area contributed by atoms with E-state index in [0.717, 1.165) is 19.4 Å². The largest absolute Gasteiger partial charge is 0.366 e.